The van der Waals surface area contributed by atoms with Gasteiger partial charge in [-0.3, -0.25) is 4.40 Å². The van der Waals surface area contributed by atoms with E-state index < -0.39 is 9.05 Å². The Morgan fingerprint density at radius 2 is 2.00 bits per heavy atom. The van der Waals surface area contributed by atoms with Gasteiger partial charge in [-0.2, -0.15) is 0 Å². The van der Waals surface area contributed by atoms with Crippen LogP contribution in [0.15, 0.2) is 23.4 Å². The van der Waals surface area contributed by atoms with Crippen molar-refractivity contribution < 1.29 is 8.42 Å². The molecule has 2 heterocycles. The average molecular weight is 273 g/mol. The molecule has 0 aromatic carbocycles. The molecule has 0 radical (unpaired) electrons. The second-order valence-electron chi connectivity index (χ2n) is 4.33. The van der Waals surface area contributed by atoms with Gasteiger partial charge >= 0.3 is 0 Å². The molecule has 0 aliphatic carbocycles. The maximum Gasteiger partial charge on any atom is 0.279 e. The molecule has 17 heavy (non-hydrogen) atoms. The molecule has 0 amide bonds. The quantitative estimate of drug-likeness (QED) is 0.790. The molecule has 0 saturated carbocycles. The van der Waals surface area contributed by atoms with E-state index >= 15 is 0 Å². The molecule has 0 bridgehead atoms. The third-order valence-electron chi connectivity index (χ3n) is 2.53. The molecule has 2 rings (SSSR count). The lowest BCUT2D eigenvalue weighted by Gasteiger charge is -2.03. The molecule has 4 nitrogen and oxygen atoms in total. The Kier molecular flexibility index (Phi) is 2.91. The molecule has 6 heteroatoms. The molecular weight excluding hydrogens is 260 g/mol. The number of imidazole rings is 1. The van der Waals surface area contributed by atoms with Crippen LogP contribution in [0.25, 0.3) is 5.65 Å². The third-order valence-corrected chi connectivity index (χ3v) is 3.83. The summed E-state index contributed by atoms with van der Waals surface area (Å²) in [5.41, 5.74) is 2.05. The number of fused-ring (bicyclic) bond motifs is 1. The molecule has 0 saturated heterocycles. The van der Waals surface area contributed by atoms with Crippen molar-refractivity contribution in [3.63, 3.8) is 0 Å². The van der Waals surface area contributed by atoms with Crippen molar-refractivity contribution in [2.45, 2.75) is 31.7 Å². The highest BCUT2D eigenvalue weighted by Gasteiger charge is 2.24. The highest BCUT2D eigenvalue weighted by molar-refractivity contribution is 8.13. The zero-order valence-electron chi connectivity index (χ0n) is 9.81. The van der Waals surface area contributed by atoms with Crippen LogP contribution in [0.5, 0.6) is 0 Å². The number of hydrogen-bond acceptors (Lipinski definition) is 3. The molecule has 92 valence electrons. The van der Waals surface area contributed by atoms with Gasteiger partial charge in [0.15, 0.2) is 5.03 Å². The SMILES string of the molecule is Cc1ccc2nc(C(C)C)c(S(=O)(=O)Cl)n2c1. The highest BCUT2D eigenvalue weighted by Crippen LogP contribution is 2.27. The van der Waals surface area contributed by atoms with Gasteiger partial charge in [-0.1, -0.05) is 19.9 Å². The van der Waals surface area contributed by atoms with Crippen LogP contribution in [0.3, 0.4) is 0 Å². The minimum atomic E-state index is -3.81. The summed E-state index contributed by atoms with van der Waals surface area (Å²) in [7, 11) is 1.69. The van der Waals surface area contributed by atoms with Gasteiger partial charge in [-0.15, -0.1) is 0 Å². The zero-order valence-corrected chi connectivity index (χ0v) is 11.4. The minimum absolute atomic E-state index is 0.00117. The van der Waals surface area contributed by atoms with Crippen LogP contribution < -0.4 is 0 Å². The predicted molar refractivity (Wildman–Crippen MR) is 67.1 cm³/mol. The van der Waals surface area contributed by atoms with Gasteiger partial charge in [0.25, 0.3) is 9.05 Å². The molecule has 0 atom stereocenters. The monoisotopic (exact) mass is 272 g/mol. The maximum absolute atomic E-state index is 11.6. The topological polar surface area (TPSA) is 51.4 Å². The van der Waals surface area contributed by atoms with Crippen molar-refractivity contribution in [1.82, 2.24) is 9.38 Å². The lowest BCUT2D eigenvalue weighted by Crippen LogP contribution is -2.02. The zero-order chi connectivity index (χ0) is 12.8. The van der Waals surface area contributed by atoms with Gasteiger partial charge in [0.1, 0.15) is 5.65 Å². The van der Waals surface area contributed by atoms with E-state index in [2.05, 4.69) is 4.98 Å². The Bertz CT molecular complexity index is 674. The lowest BCUT2D eigenvalue weighted by molar-refractivity contribution is 0.601. The van der Waals surface area contributed by atoms with Crippen LogP contribution in [0.2, 0.25) is 0 Å². The van der Waals surface area contributed by atoms with Crippen molar-refractivity contribution in [2.24, 2.45) is 0 Å². The molecule has 0 unspecified atom stereocenters. The van der Waals surface area contributed by atoms with Crippen molar-refractivity contribution in [3.8, 4) is 0 Å². The number of nitrogens with zero attached hydrogens (tertiary/aromatic N) is 2. The molecule has 0 fully saturated rings. The molecule has 0 spiro atoms. The fraction of sp³-hybridized carbons (Fsp3) is 0.364. The molecule has 2 aromatic rings. The number of hydrogen-bond donors (Lipinski definition) is 0. The first kappa shape index (κ1) is 12.4. The first-order chi connectivity index (χ1) is 7.80. The van der Waals surface area contributed by atoms with Crippen molar-refractivity contribution in [2.75, 3.05) is 0 Å². The second-order valence-corrected chi connectivity index (χ2v) is 6.81. The maximum atomic E-state index is 11.6. The van der Waals surface area contributed by atoms with Crippen LogP contribution in [0.1, 0.15) is 31.0 Å². The molecule has 0 aliphatic rings. The molecule has 0 aliphatic heterocycles. The van der Waals surface area contributed by atoms with E-state index in [1.54, 1.807) is 12.3 Å². The van der Waals surface area contributed by atoms with E-state index in [4.69, 9.17) is 10.7 Å². The van der Waals surface area contributed by atoms with E-state index in [0.717, 1.165) is 5.56 Å². The van der Waals surface area contributed by atoms with Gasteiger partial charge in [-0.25, -0.2) is 13.4 Å². The summed E-state index contributed by atoms with van der Waals surface area (Å²) in [5.74, 6) is -0.00117. The van der Waals surface area contributed by atoms with E-state index in [9.17, 15) is 8.42 Å². The van der Waals surface area contributed by atoms with Crippen LogP contribution in [0.4, 0.5) is 0 Å². The smallest absolute Gasteiger partial charge is 0.279 e. The Morgan fingerprint density at radius 3 is 2.53 bits per heavy atom. The number of rotatable bonds is 2. The molecule has 0 N–H and O–H groups in total. The predicted octanol–water partition coefficient (Wildman–Crippen LogP) is 2.69. The van der Waals surface area contributed by atoms with Crippen LogP contribution in [-0.2, 0) is 9.05 Å². The number of pyridine rings is 1. The summed E-state index contributed by atoms with van der Waals surface area (Å²) in [6.45, 7) is 5.67. The third kappa shape index (κ3) is 2.17. The second kappa shape index (κ2) is 3.99. The van der Waals surface area contributed by atoms with E-state index in [1.165, 1.54) is 4.40 Å². The molecule has 2 aromatic heterocycles. The summed E-state index contributed by atoms with van der Waals surface area (Å²) in [6.07, 6.45) is 1.73. The summed E-state index contributed by atoms with van der Waals surface area (Å²) in [5, 5.41) is 0.0767. The highest BCUT2D eigenvalue weighted by atomic mass is 35.7. The first-order valence-corrected chi connectivity index (χ1v) is 7.55. The van der Waals surface area contributed by atoms with Gasteiger partial charge in [0.2, 0.25) is 0 Å². The van der Waals surface area contributed by atoms with Gasteiger partial charge in [-0.05, 0) is 24.5 Å². The van der Waals surface area contributed by atoms with E-state index in [1.807, 2.05) is 26.8 Å². The number of aryl methyl sites for hydroxylation is 1. The average Bonchev–Trinajstić information content (AvgIpc) is 2.55. The fourth-order valence-corrected chi connectivity index (χ4v) is 3.14. The first-order valence-electron chi connectivity index (χ1n) is 5.24. The standard InChI is InChI=1S/C11H13ClN2O2S/c1-7(2)10-11(17(12,15)16)14-6-8(3)4-5-9(14)13-10/h4-7H,1-3H3. The van der Waals surface area contributed by atoms with Crippen LogP contribution in [0, 0.1) is 6.92 Å². The largest absolute Gasteiger partial charge is 0.289 e. The molecular formula is C11H13ClN2O2S. The minimum Gasteiger partial charge on any atom is -0.289 e. The van der Waals surface area contributed by atoms with Crippen molar-refractivity contribution in [1.29, 1.82) is 0 Å². The summed E-state index contributed by atoms with van der Waals surface area (Å²) < 4.78 is 24.8. The van der Waals surface area contributed by atoms with Crippen LogP contribution >= 0.6 is 10.7 Å². The van der Waals surface area contributed by atoms with E-state index in [-0.39, 0.29) is 10.9 Å². The van der Waals surface area contributed by atoms with Crippen molar-refractivity contribution >= 4 is 25.4 Å². The summed E-state index contributed by atoms with van der Waals surface area (Å²) >= 11 is 0. The lowest BCUT2D eigenvalue weighted by atomic mass is 10.2. The number of halogens is 1. The summed E-state index contributed by atoms with van der Waals surface area (Å²) in [4.78, 5) is 4.32. The fourth-order valence-electron chi connectivity index (χ4n) is 1.77. The van der Waals surface area contributed by atoms with Gasteiger partial charge in [0.05, 0.1) is 5.69 Å². The van der Waals surface area contributed by atoms with Gasteiger partial charge < -0.3 is 0 Å². The summed E-state index contributed by atoms with van der Waals surface area (Å²) in [6, 6.07) is 3.67. The van der Waals surface area contributed by atoms with Gasteiger partial charge in [0, 0.05) is 16.9 Å². The van der Waals surface area contributed by atoms with E-state index in [0.29, 0.717) is 11.3 Å². The Hall–Kier alpha value is -1.07. The number of aromatic nitrogens is 2. The Labute approximate surface area is 105 Å². The normalized spacial score (nSPS) is 12.5. The van der Waals surface area contributed by atoms with Crippen LogP contribution in [-0.4, -0.2) is 17.8 Å². The van der Waals surface area contributed by atoms with Crippen molar-refractivity contribution in [3.05, 3.63) is 29.6 Å². The Morgan fingerprint density at radius 1 is 1.35 bits per heavy atom. The Balaban J connectivity index is 2.93.